The van der Waals surface area contributed by atoms with Crippen molar-refractivity contribution in [3.8, 4) is 6.07 Å². The highest BCUT2D eigenvalue weighted by atomic mass is 35.5. The third kappa shape index (κ3) is 1.75. The predicted molar refractivity (Wildman–Crippen MR) is 65.6 cm³/mol. The molecule has 0 unspecified atom stereocenters. The molecule has 1 aromatic carbocycles. The number of benzene rings is 1. The highest BCUT2D eigenvalue weighted by Gasteiger charge is 2.11. The van der Waals surface area contributed by atoms with Crippen LogP contribution in [-0.4, -0.2) is 4.98 Å². The predicted octanol–water partition coefficient (Wildman–Crippen LogP) is 3.88. The van der Waals surface area contributed by atoms with Crippen molar-refractivity contribution in [1.82, 2.24) is 4.98 Å². The molecule has 2 nitrogen and oxygen atoms in total. The Hall–Kier alpha value is -1.59. The molecule has 0 aliphatic heterocycles. The summed E-state index contributed by atoms with van der Waals surface area (Å²) < 4.78 is 0. The van der Waals surface area contributed by atoms with Crippen molar-refractivity contribution in [3.63, 3.8) is 0 Å². The van der Waals surface area contributed by atoms with Gasteiger partial charge in [0.2, 0.25) is 0 Å². The summed E-state index contributed by atoms with van der Waals surface area (Å²) in [7, 11) is 0. The Morgan fingerprint density at radius 3 is 2.75 bits per heavy atom. The molecule has 0 aliphatic carbocycles. The van der Waals surface area contributed by atoms with E-state index in [-0.39, 0.29) is 0 Å². The molecule has 80 valence electrons. The minimum atomic E-state index is 0.293. The number of hydrogen-bond acceptors (Lipinski definition) is 2. The summed E-state index contributed by atoms with van der Waals surface area (Å²) in [4.78, 5) is 4.25. The zero-order chi connectivity index (χ0) is 11.7. The van der Waals surface area contributed by atoms with Crippen LogP contribution in [0.3, 0.4) is 0 Å². The fourth-order valence-electron chi connectivity index (χ4n) is 1.90. The first-order chi connectivity index (χ1) is 7.63. The van der Waals surface area contributed by atoms with E-state index in [4.69, 9.17) is 16.9 Å². The SMILES string of the molecule is CC(C)c1c(C#N)cnc2cc(Cl)ccc12. The molecule has 0 spiro atoms. The maximum atomic E-state index is 9.07. The van der Waals surface area contributed by atoms with Crippen LogP contribution in [0, 0.1) is 11.3 Å². The molecule has 0 atom stereocenters. The lowest BCUT2D eigenvalue weighted by molar-refractivity contribution is 0.870. The topological polar surface area (TPSA) is 36.7 Å². The van der Waals surface area contributed by atoms with Gasteiger partial charge in [0.15, 0.2) is 0 Å². The van der Waals surface area contributed by atoms with Crippen LogP contribution in [0.25, 0.3) is 10.9 Å². The molecule has 16 heavy (non-hydrogen) atoms. The Balaban J connectivity index is 2.85. The van der Waals surface area contributed by atoms with Gasteiger partial charge in [0.25, 0.3) is 0 Å². The second kappa shape index (κ2) is 4.11. The van der Waals surface area contributed by atoms with Crippen LogP contribution in [0.2, 0.25) is 5.02 Å². The maximum Gasteiger partial charge on any atom is 0.101 e. The Morgan fingerprint density at radius 2 is 2.12 bits per heavy atom. The van der Waals surface area contributed by atoms with Gasteiger partial charge >= 0.3 is 0 Å². The minimum absolute atomic E-state index is 0.293. The molecule has 1 aromatic heterocycles. The Kier molecular flexibility index (Phi) is 2.80. The smallest absolute Gasteiger partial charge is 0.101 e. The third-order valence-electron chi connectivity index (χ3n) is 2.57. The van der Waals surface area contributed by atoms with E-state index in [1.54, 1.807) is 6.20 Å². The van der Waals surface area contributed by atoms with Gasteiger partial charge in [-0.2, -0.15) is 5.26 Å². The summed E-state index contributed by atoms with van der Waals surface area (Å²) in [5, 5.41) is 10.7. The summed E-state index contributed by atoms with van der Waals surface area (Å²) in [6, 6.07) is 7.77. The van der Waals surface area contributed by atoms with Crippen molar-refractivity contribution in [2.75, 3.05) is 0 Å². The van der Waals surface area contributed by atoms with E-state index in [1.807, 2.05) is 18.2 Å². The molecule has 2 aromatic rings. The molecule has 0 aliphatic rings. The highest BCUT2D eigenvalue weighted by Crippen LogP contribution is 2.28. The molecule has 0 saturated heterocycles. The van der Waals surface area contributed by atoms with Gasteiger partial charge in [0.05, 0.1) is 11.1 Å². The van der Waals surface area contributed by atoms with Gasteiger partial charge in [-0.05, 0) is 23.6 Å². The first-order valence-corrected chi connectivity index (χ1v) is 5.49. The molecule has 0 saturated carbocycles. The molecule has 0 bridgehead atoms. The average molecular weight is 231 g/mol. The first kappa shape index (κ1) is 10.9. The Labute approximate surface area is 99.5 Å². The van der Waals surface area contributed by atoms with Crippen molar-refractivity contribution in [2.24, 2.45) is 0 Å². The van der Waals surface area contributed by atoms with Crippen molar-refractivity contribution in [1.29, 1.82) is 5.26 Å². The minimum Gasteiger partial charge on any atom is -0.255 e. The number of rotatable bonds is 1. The van der Waals surface area contributed by atoms with Gasteiger partial charge in [-0.3, -0.25) is 4.98 Å². The summed E-state index contributed by atoms with van der Waals surface area (Å²) >= 11 is 5.92. The Bertz CT molecular complexity index is 582. The molecule has 2 rings (SSSR count). The monoisotopic (exact) mass is 230 g/mol. The largest absolute Gasteiger partial charge is 0.255 e. The second-order valence-electron chi connectivity index (χ2n) is 4.01. The second-order valence-corrected chi connectivity index (χ2v) is 4.45. The summed E-state index contributed by atoms with van der Waals surface area (Å²) in [5.74, 6) is 0.293. The molecule has 0 radical (unpaired) electrons. The van der Waals surface area contributed by atoms with Crippen molar-refractivity contribution in [2.45, 2.75) is 19.8 Å². The number of nitrogens with zero attached hydrogens (tertiary/aromatic N) is 2. The van der Waals surface area contributed by atoms with Crippen LogP contribution in [0.4, 0.5) is 0 Å². The van der Waals surface area contributed by atoms with Crippen molar-refractivity contribution < 1.29 is 0 Å². The fourth-order valence-corrected chi connectivity index (χ4v) is 2.07. The lowest BCUT2D eigenvalue weighted by Crippen LogP contribution is -1.96. The fraction of sp³-hybridized carbons (Fsp3) is 0.231. The normalized spacial score (nSPS) is 10.7. The molecule has 0 fully saturated rings. The van der Waals surface area contributed by atoms with E-state index in [9.17, 15) is 0 Å². The van der Waals surface area contributed by atoms with Gasteiger partial charge in [0, 0.05) is 16.6 Å². The first-order valence-electron chi connectivity index (χ1n) is 5.11. The van der Waals surface area contributed by atoms with Crippen LogP contribution < -0.4 is 0 Å². The van der Waals surface area contributed by atoms with E-state index in [0.717, 1.165) is 16.5 Å². The molecule has 1 heterocycles. The zero-order valence-corrected chi connectivity index (χ0v) is 9.92. The molecular weight excluding hydrogens is 220 g/mol. The lowest BCUT2D eigenvalue weighted by atomic mass is 9.95. The number of fused-ring (bicyclic) bond motifs is 1. The van der Waals surface area contributed by atoms with Crippen LogP contribution in [0.5, 0.6) is 0 Å². The summed E-state index contributed by atoms with van der Waals surface area (Å²) in [5.41, 5.74) is 2.53. The average Bonchev–Trinajstić information content (AvgIpc) is 2.26. The van der Waals surface area contributed by atoms with Gasteiger partial charge in [0.1, 0.15) is 6.07 Å². The van der Waals surface area contributed by atoms with E-state index >= 15 is 0 Å². The van der Waals surface area contributed by atoms with Crippen LogP contribution >= 0.6 is 11.6 Å². The maximum absolute atomic E-state index is 9.07. The van der Waals surface area contributed by atoms with Crippen molar-refractivity contribution >= 4 is 22.5 Å². The van der Waals surface area contributed by atoms with Crippen LogP contribution in [-0.2, 0) is 0 Å². The van der Waals surface area contributed by atoms with Crippen LogP contribution in [0.1, 0.15) is 30.9 Å². The number of pyridine rings is 1. The molecule has 0 N–H and O–H groups in total. The number of aromatic nitrogens is 1. The van der Waals surface area contributed by atoms with Crippen LogP contribution in [0.15, 0.2) is 24.4 Å². The van der Waals surface area contributed by atoms with E-state index < -0.39 is 0 Å². The van der Waals surface area contributed by atoms with Gasteiger partial charge in [-0.15, -0.1) is 0 Å². The quantitative estimate of drug-likeness (QED) is 0.745. The number of hydrogen-bond donors (Lipinski definition) is 0. The highest BCUT2D eigenvalue weighted by molar-refractivity contribution is 6.31. The summed E-state index contributed by atoms with van der Waals surface area (Å²) in [6.45, 7) is 4.15. The van der Waals surface area contributed by atoms with Gasteiger partial charge in [-0.1, -0.05) is 31.5 Å². The van der Waals surface area contributed by atoms with Crippen molar-refractivity contribution in [3.05, 3.63) is 40.5 Å². The summed E-state index contributed by atoms with van der Waals surface area (Å²) in [6.07, 6.45) is 1.62. The molecule has 0 amide bonds. The number of nitriles is 1. The van der Waals surface area contributed by atoms with Gasteiger partial charge in [-0.25, -0.2) is 0 Å². The van der Waals surface area contributed by atoms with E-state index in [2.05, 4.69) is 24.9 Å². The third-order valence-corrected chi connectivity index (χ3v) is 2.81. The molecule has 3 heteroatoms. The van der Waals surface area contributed by atoms with E-state index in [1.165, 1.54) is 0 Å². The Morgan fingerprint density at radius 1 is 1.38 bits per heavy atom. The number of halogens is 1. The zero-order valence-electron chi connectivity index (χ0n) is 9.16. The van der Waals surface area contributed by atoms with Gasteiger partial charge < -0.3 is 0 Å². The lowest BCUT2D eigenvalue weighted by Gasteiger charge is -2.11. The standard InChI is InChI=1S/C13H11ClN2/c1-8(2)13-9(6-15)7-16-12-5-10(14)3-4-11(12)13/h3-5,7-8H,1-2H3. The van der Waals surface area contributed by atoms with E-state index in [0.29, 0.717) is 16.5 Å². The molecular formula is C13H11ClN2.